The van der Waals surface area contributed by atoms with Crippen LogP contribution in [-0.2, 0) is 16.6 Å². The van der Waals surface area contributed by atoms with Crippen molar-refractivity contribution in [2.45, 2.75) is 18.4 Å². The Morgan fingerprint density at radius 3 is 2.55 bits per heavy atom. The van der Waals surface area contributed by atoms with Crippen molar-refractivity contribution in [2.24, 2.45) is 0 Å². The molecule has 2 heterocycles. The molecule has 8 heteroatoms. The molecule has 0 saturated carbocycles. The van der Waals surface area contributed by atoms with E-state index in [1.165, 1.54) is 11.3 Å². The number of rotatable bonds is 5. The van der Waals surface area contributed by atoms with Gasteiger partial charge in [-0.15, -0.1) is 16.2 Å². The summed E-state index contributed by atoms with van der Waals surface area (Å²) in [6.07, 6.45) is 0. The van der Waals surface area contributed by atoms with Crippen LogP contribution >= 0.6 is 11.3 Å². The van der Waals surface area contributed by atoms with Gasteiger partial charge >= 0.3 is 0 Å². The molecule has 0 amide bonds. The molecule has 1 aromatic rings. The molecule has 6 nitrogen and oxygen atoms in total. The van der Waals surface area contributed by atoms with Crippen LogP contribution in [0, 0.1) is 6.92 Å². The SMILES string of the molecule is CNCc1cc(S(=O)(=O)NN2CCN(C)CC2)c(C)s1. The number of piperazine rings is 1. The topological polar surface area (TPSA) is 64.7 Å². The highest BCUT2D eigenvalue weighted by atomic mass is 32.2. The average molecular weight is 318 g/mol. The van der Waals surface area contributed by atoms with E-state index in [1.54, 1.807) is 11.1 Å². The molecule has 20 heavy (non-hydrogen) atoms. The highest BCUT2D eigenvalue weighted by molar-refractivity contribution is 7.89. The van der Waals surface area contributed by atoms with Crippen molar-refractivity contribution < 1.29 is 8.42 Å². The molecule has 1 saturated heterocycles. The van der Waals surface area contributed by atoms with Crippen LogP contribution in [0.15, 0.2) is 11.0 Å². The molecule has 1 aliphatic rings. The molecule has 2 N–H and O–H groups in total. The Labute approximate surface area is 124 Å². The van der Waals surface area contributed by atoms with E-state index in [9.17, 15) is 8.42 Å². The molecular weight excluding hydrogens is 296 g/mol. The van der Waals surface area contributed by atoms with E-state index >= 15 is 0 Å². The normalized spacial score (nSPS) is 18.6. The standard InChI is InChI=1S/C12H22N4O2S2/c1-10-12(8-11(19-10)9-13-2)20(17,18)14-16-6-4-15(3)5-7-16/h8,13-14H,4-7,9H2,1-3H3. The van der Waals surface area contributed by atoms with Gasteiger partial charge in [-0.1, -0.05) is 0 Å². The second kappa shape index (κ2) is 6.50. The molecule has 0 radical (unpaired) electrons. The van der Waals surface area contributed by atoms with Crippen LogP contribution in [-0.4, -0.2) is 58.6 Å². The number of hydrogen-bond donors (Lipinski definition) is 2. The fourth-order valence-corrected chi connectivity index (χ4v) is 4.94. The van der Waals surface area contributed by atoms with E-state index in [0.29, 0.717) is 24.5 Å². The molecule has 0 aliphatic carbocycles. The maximum atomic E-state index is 12.4. The van der Waals surface area contributed by atoms with E-state index in [1.807, 2.05) is 21.0 Å². The Bertz CT molecular complexity index is 548. The van der Waals surface area contributed by atoms with Gasteiger partial charge in [-0.25, -0.2) is 13.4 Å². The maximum absolute atomic E-state index is 12.4. The molecule has 1 aromatic heterocycles. The molecule has 2 rings (SSSR count). The second-order valence-corrected chi connectivity index (χ2v) is 8.02. The van der Waals surface area contributed by atoms with Crippen molar-refractivity contribution in [3.05, 3.63) is 15.8 Å². The number of hydrogen-bond acceptors (Lipinski definition) is 6. The Balaban J connectivity index is 2.10. The number of sulfonamides is 1. The first-order chi connectivity index (χ1) is 9.42. The maximum Gasteiger partial charge on any atom is 0.254 e. The van der Waals surface area contributed by atoms with Gasteiger partial charge in [0.05, 0.1) is 4.90 Å². The molecule has 1 aliphatic heterocycles. The lowest BCUT2D eigenvalue weighted by Crippen LogP contribution is -2.52. The zero-order valence-electron chi connectivity index (χ0n) is 12.1. The summed E-state index contributed by atoms with van der Waals surface area (Å²) in [4.78, 5) is 7.14. The van der Waals surface area contributed by atoms with Crippen molar-refractivity contribution >= 4 is 21.4 Å². The van der Waals surface area contributed by atoms with Crippen LogP contribution in [0.1, 0.15) is 9.75 Å². The minimum absolute atomic E-state index is 0.395. The van der Waals surface area contributed by atoms with Crippen molar-refractivity contribution in [1.29, 1.82) is 0 Å². The van der Waals surface area contributed by atoms with Gasteiger partial charge in [-0.3, -0.25) is 0 Å². The number of likely N-dealkylation sites (N-methyl/N-ethyl adjacent to an activating group) is 1. The fraction of sp³-hybridized carbons (Fsp3) is 0.667. The van der Waals surface area contributed by atoms with E-state index < -0.39 is 10.0 Å². The van der Waals surface area contributed by atoms with Gasteiger partial charge in [0.25, 0.3) is 10.0 Å². The molecule has 0 aromatic carbocycles. The monoisotopic (exact) mass is 318 g/mol. The Morgan fingerprint density at radius 2 is 1.95 bits per heavy atom. The number of nitrogens with one attached hydrogen (secondary N) is 2. The first-order valence-electron chi connectivity index (χ1n) is 6.62. The predicted molar refractivity (Wildman–Crippen MR) is 81.2 cm³/mol. The Kier molecular flexibility index (Phi) is 5.16. The predicted octanol–water partition coefficient (Wildman–Crippen LogP) is 0.217. The van der Waals surface area contributed by atoms with Crippen molar-refractivity contribution in [3.8, 4) is 0 Å². The Hall–Kier alpha value is -0.510. The number of thiophene rings is 1. The molecule has 1 fully saturated rings. The van der Waals surface area contributed by atoms with Crippen molar-refractivity contribution in [3.63, 3.8) is 0 Å². The van der Waals surface area contributed by atoms with Crippen LogP contribution in [0.2, 0.25) is 0 Å². The average Bonchev–Trinajstić information content (AvgIpc) is 2.74. The second-order valence-electron chi connectivity index (χ2n) is 5.05. The smallest absolute Gasteiger partial charge is 0.254 e. The molecule has 0 atom stereocenters. The Morgan fingerprint density at radius 1 is 1.30 bits per heavy atom. The number of hydrazine groups is 1. The largest absolute Gasteiger partial charge is 0.315 e. The summed E-state index contributed by atoms with van der Waals surface area (Å²) in [5, 5.41) is 4.82. The van der Waals surface area contributed by atoms with E-state index in [-0.39, 0.29) is 0 Å². The lowest BCUT2D eigenvalue weighted by Gasteiger charge is -2.32. The van der Waals surface area contributed by atoms with Gasteiger partial charge in [0.1, 0.15) is 0 Å². The first-order valence-corrected chi connectivity index (χ1v) is 8.92. The minimum atomic E-state index is -3.47. The van der Waals surface area contributed by atoms with Gasteiger partial charge in [-0.2, -0.15) is 0 Å². The van der Waals surface area contributed by atoms with Gasteiger partial charge in [0.2, 0.25) is 0 Å². The van der Waals surface area contributed by atoms with Crippen molar-refractivity contribution in [1.82, 2.24) is 20.1 Å². The quantitative estimate of drug-likeness (QED) is 0.813. The summed E-state index contributed by atoms with van der Waals surface area (Å²) in [5.74, 6) is 0. The lowest BCUT2D eigenvalue weighted by molar-refractivity contribution is 0.135. The summed E-state index contributed by atoms with van der Waals surface area (Å²) < 4.78 is 24.9. The van der Waals surface area contributed by atoms with Crippen LogP contribution in [0.5, 0.6) is 0 Å². The van der Waals surface area contributed by atoms with Gasteiger partial charge in [-0.05, 0) is 27.1 Å². The molecule has 114 valence electrons. The van der Waals surface area contributed by atoms with Crippen LogP contribution < -0.4 is 10.1 Å². The van der Waals surface area contributed by atoms with Crippen LogP contribution in [0.3, 0.4) is 0 Å². The summed E-state index contributed by atoms with van der Waals surface area (Å²) in [6.45, 7) is 5.70. The summed E-state index contributed by atoms with van der Waals surface area (Å²) in [7, 11) is 0.428. The van der Waals surface area contributed by atoms with E-state index in [2.05, 4.69) is 15.0 Å². The molecule has 0 spiro atoms. The third-order valence-corrected chi connectivity index (χ3v) is 6.00. The van der Waals surface area contributed by atoms with E-state index in [0.717, 1.165) is 22.8 Å². The first kappa shape index (κ1) is 15.9. The zero-order chi connectivity index (χ0) is 14.8. The van der Waals surface area contributed by atoms with Gasteiger partial charge in [0.15, 0.2) is 0 Å². The number of aryl methyl sites for hydroxylation is 1. The van der Waals surface area contributed by atoms with Crippen LogP contribution in [0.4, 0.5) is 0 Å². The highest BCUT2D eigenvalue weighted by Gasteiger charge is 2.24. The third-order valence-electron chi connectivity index (χ3n) is 3.32. The summed E-state index contributed by atoms with van der Waals surface area (Å²) in [5.41, 5.74) is 0. The van der Waals surface area contributed by atoms with Crippen LogP contribution in [0.25, 0.3) is 0 Å². The molecule has 0 unspecified atom stereocenters. The number of nitrogens with zero attached hydrogens (tertiary/aromatic N) is 2. The molecule has 0 bridgehead atoms. The third kappa shape index (κ3) is 3.78. The lowest BCUT2D eigenvalue weighted by atomic mass is 10.4. The summed E-state index contributed by atoms with van der Waals surface area (Å²) >= 11 is 1.52. The zero-order valence-corrected chi connectivity index (χ0v) is 13.8. The molecular formula is C12H22N4O2S2. The van der Waals surface area contributed by atoms with Crippen molar-refractivity contribution in [2.75, 3.05) is 40.3 Å². The van der Waals surface area contributed by atoms with Gasteiger partial charge in [0, 0.05) is 42.5 Å². The van der Waals surface area contributed by atoms with Gasteiger partial charge < -0.3 is 10.2 Å². The highest BCUT2D eigenvalue weighted by Crippen LogP contribution is 2.25. The van der Waals surface area contributed by atoms with E-state index in [4.69, 9.17) is 0 Å². The minimum Gasteiger partial charge on any atom is -0.315 e. The fourth-order valence-electron chi connectivity index (χ4n) is 2.17. The summed E-state index contributed by atoms with van der Waals surface area (Å²) in [6, 6.07) is 1.76.